The minimum atomic E-state index is 1.11. The molecule has 0 saturated carbocycles. The third kappa shape index (κ3) is 6.24. The molecule has 0 aliphatic rings. The van der Waals surface area contributed by atoms with E-state index in [9.17, 15) is 0 Å². The first-order valence-electron chi connectivity index (χ1n) is 19.2. The number of hydrogen-bond donors (Lipinski definition) is 0. The van der Waals surface area contributed by atoms with Crippen molar-refractivity contribution in [1.82, 2.24) is 4.57 Å². The molecule has 0 aliphatic heterocycles. The van der Waals surface area contributed by atoms with Crippen LogP contribution in [0.3, 0.4) is 0 Å². The Morgan fingerprint density at radius 3 is 1.14 bits per heavy atom. The Morgan fingerprint density at radius 2 is 0.607 bits per heavy atom. The smallest absolute Gasteiger partial charge is 0.0541 e. The van der Waals surface area contributed by atoms with Crippen LogP contribution in [0, 0.1) is 0 Å². The minimum Gasteiger partial charge on any atom is -0.311 e. The number of nitrogens with zero attached hydrogens (tertiary/aromatic N) is 2. The van der Waals surface area contributed by atoms with E-state index >= 15 is 0 Å². The lowest BCUT2D eigenvalue weighted by Crippen LogP contribution is -2.09. The zero-order valence-electron chi connectivity index (χ0n) is 30.8. The minimum absolute atomic E-state index is 1.11. The summed E-state index contributed by atoms with van der Waals surface area (Å²) < 4.78 is 2.36. The van der Waals surface area contributed by atoms with E-state index in [1.807, 2.05) is 0 Å². The Morgan fingerprint density at radius 1 is 0.250 bits per heavy atom. The van der Waals surface area contributed by atoms with Crippen molar-refractivity contribution in [3.63, 3.8) is 0 Å². The normalized spacial score (nSPS) is 11.2. The summed E-state index contributed by atoms with van der Waals surface area (Å²) in [5, 5.41) is 2.52. The molecule has 0 N–H and O–H groups in total. The van der Waals surface area contributed by atoms with E-state index in [1.165, 1.54) is 72.0 Å². The van der Waals surface area contributed by atoms with Gasteiger partial charge in [-0.3, -0.25) is 0 Å². The maximum atomic E-state index is 2.36. The molecule has 56 heavy (non-hydrogen) atoms. The van der Waals surface area contributed by atoms with Gasteiger partial charge in [0, 0.05) is 33.5 Å². The van der Waals surface area contributed by atoms with Gasteiger partial charge in [0.25, 0.3) is 0 Å². The standard InChI is InChI=1S/C54H38N2/c1-4-12-39(13-5-1)40-20-22-41(23-21-40)43-28-33-49(34-29-43)55(47-14-6-2-7-15-47)50-35-30-44(31-36-50)42-24-26-45(27-25-42)46-32-37-54-52(38-46)51-18-10-11-19-53(51)56(54)48-16-8-3-9-17-48/h1-38H. The summed E-state index contributed by atoms with van der Waals surface area (Å²) >= 11 is 0. The van der Waals surface area contributed by atoms with Crippen LogP contribution in [-0.2, 0) is 0 Å². The van der Waals surface area contributed by atoms with E-state index in [1.54, 1.807) is 0 Å². The summed E-state index contributed by atoms with van der Waals surface area (Å²) in [6.45, 7) is 0. The average molecular weight is 715 g/mol. The molecule has 0 aliphatic carbocycles. The Labute approximate surface area is 327 Å². The van der Waals surface area contributed by atoms with E-state index in [4.69, 9.17) is 0 Å². The van der Waals surface area contributed by atoms with Crippen molar-refractivity contribution in [2.24, 2.45) is 0 Å². The van der Waals surface area contributed by atoms with Crippen LogP contribution in [0.5, 0.6) is 0 Å². The van der Waals surface area contributed by atoms with Crippen molar-refractivity contribution in [2.45, 2.75) is 0 Å². The highest BCUT2D eigenvalue weighted by Crippen LogP contribution is 2.38. The van der Waals surface area contributed by atoms with Crippen molar-refractivity contribution < 1.29 is 0 Å². The molecule has 0 saturated heterocycles. The van der Waals surface area contributed by atoms with Gasteiger partial charge >= 0.3 is 0 Å². The third-order valence-corrected chi connectivity index (χ3v) is 10.8. The quantitative estimate of drug-likeness (QED) is 0.152. The molecule has 0 radical (unpaired) electrons. The van der Waals surface area contributed by atoms with Gasteiger partial charge in [-0.15, -0.1) is 0 Å². The van der Waals surface area contributed by atoms with Gasteiger partial charge in [0.05, 0.1) is 11.0 Å². The highest BCUT2D eigenvalue weighted by atomic mass is 15.1. The van der Waals surface area contributed by atoms with Crippen LogP contribution in [-0.4, -0.2) is 4.57 Å². The first kappa shape index (κ1) is 33.2. The lowest BCUT2D eigenvalue weighted by molar-refractivity contribution is 1.18. The SMILES string of the molecule is c1ccc(-c2ccc(-c3ccc(N(c4ccccc4)c4ccc(-c5ccc(-c6ccc7c(c6)c6ccccc6n7-c6ccccc6)cc5)cc4)cc3)cc2)cc1. The Kier molecular flexibility index (Phi) is 8.55. The zero-order valence-corrected chi connectivity index (χ0v) is 30.8. The molecule has 264 valence electrons. The highest BCUT2D eigenvalue weighted by molar-refractivity contribution is 6.10. The Hall–Kier alpha value is -7.42. The number of rotatable bonds is 8. The number of hydrogen-bond acceptors (Lipinski definition) is 1. The van der Waals surface area contributed by atoms with Gasteiger partial charge in [-0.1, -0.05) is 164 Å². The van der Waals surface area contributed by atoms with Crippen LogP contribution in [0.1, 0.15) is 0 Å². The summed E-state index contributed by atoms with van der Waals surface area (Å²) in [4.78, 5) is 2.32. The van der Waals surface area contributed by atoms with E-state index in [0.717, 1.165) is 17.1 Å². The second kappa shape index (κ2) is 14.4. The summed E-state index contributed by atoms with van der Waals surface area (Å²) in [6.07, 6.45) is 0. The van der Waals surface area contributed by atoms with Gasteiger partial charge in [0.1, 0.15) is 0 Å². The molecule has 0 bridgehead atoms. The molecule has 0 amide bonds. The van der Waals surface area contributed by atoms with Gasteiger partial charge in [0.15, 0.2) is 0 Å². The molecule has 1 heterocycles. The molecule has 2 nitrogen and oxygen atoms in total. The number of para-hydroxylation sites is 3. The lowest BCUT2D eigenvalue weighted by Gasteiger charge is -2.26. The van der Waals surface area contributed by atoms with Crippen molar-refractivity contribution in [3.05, 3.63) is 231 Å². The molecule has 10 aromatic rings. The molecule has 0 spiro atoms. The first-order valence-corrected chi connectivity index (χ1v) is 19.2. The summed E-state index contributed by atoms with van der Waals surface area (Å²) in [5.74, 6) is 0. The highest BCUT2D eigenvalue weighted by Gasteiger charge is 2.15. The van der Waals surface area contributed by atoms with Crippen molar-refractivity contribution in [3.8, 4) is 50.2 Å². The summed E-state index contributed by atoms with van der Waals surface area (Å²) in [7, 11) is 0. The fourth-order valence-electron chi connectivity index (χ4n) is 7.98. The van der Waals surface area contributed by atoms with Crippen molar-refractivity contribution in [2.75, 3.05) is 4.90 Å². The summed E-state index contributed by atoms with van der Waals surface area (Å²) in [5.41, 5.74) is 16.6. The second-order valence-electron chi connectivity index (χ2n) is 14.2. The van der Waals surface area contributed by atoms with Crippen LogP contribution in [0.25, 0.3) is 72.0 Å². The van der Waals surface area contributed by atoms with Gasteiger partial charge in [-0.25, -0.2) is 0 Å². The van der Waals surface area contributed by atoms with E-state index in [2.05, 4.69) is 240 Å². The van der Waals surface area contributed by atoms with Gasteiger partial charge in [-0.2, -0.15) is 0 Å². The maximum Gasteiger partial charge on any atom is 0.0541 e. The first-order chi connectivity index (χ1) is 27.8. The molecule has 0 fully saturated rings. The molecule has 1 aromatic heterocycles. The summed E-state index contributed by atoms with van der Waals surface area (Å²) in [6, 6.07) is 82.9. The van der Waals surface area contributed by atoms with Crippen LogP contribution in [0.4, 0.5) is 17.1 Å². The fourth-order valence-corrected chi connectivity index (χ4v) is 7.98. The molecule has 0 atom stereocenters. The van der Waals surface area contributed by atoms with Crippen LogP contribution >= 0.6 is 0 Å². The van der Waals surface area contributed by atoms with Gasteiger partial charge < -0.3 is 9.47 Å². The molecule has 9 aromatic carbocycles. The average Bonchev–Trinajstić information content (AvgIpc) is 3.62. The topological polar surface area (TPSA) is 8.17 Å². The number of aromatic nitrogens is 1. The largest absolute Gasteiger partial charge is 0.311 e. The molecule has 2 heteroatoms. The van der Waals surface area contributed by atoms with E-state index in [0.29, 0.717) is 0 Å². The Balaban J connectivity index is 0.917. The Bertz CT molecular complexity index is 2890. The maximum absolute atomic E-state index is 2.36. The predicted molar refractivity (Wildman–Crippen MR) is 237 cm³/mol. The third-order valence-electron chi connectivity index (χ3n) is 10.8. The fraction of sp³-hybridized carbons (Fsp3) is 0. The number of fused-ring (bicyclic) bond motifs is 3. The van der Waals surface area contributed by atoms with Crippen LogP contribution < -0.4 is 4.90 Å². The predicted octanol–water partition coefficient (Wildman–Crippen LogP) is 14.9. The lowest BCUT2D eigenvalue weighted by atomic mass is 9.98. The van der Waals surface area contributed by atoms with Gasteiger partial charge in [-0.05, 0) is 111 Å². The van der Waals surface area contributed by atoms with E-state index < -0.39 is 0 Å². The number of anilines is 3. The zero-order chi connectivity index (χ0) is 37.3. The van der Waals surface area contributed by atoms with E-state index in [-0.39, 0.29) is 0 Å². The molecule has 10 rings (SSSR count). The molecular weight excluding hydrogens is 677 g/mol. The van der Waals surface area contributed by atoms with Crippen LogP contribution in [0.15, 0.2) is 231 Å². The van der Waals surface area contributed by atoms with Crippen molar-refractivity contribution >= 4 is 38.9 Å². The number of benzene rings is 9. The second-order valence-corrected chi connectivity index (χ2v) is 14.2. The molecular formula is C54H38N2. The molecule has 0 unspecified atom stereocenters. The van der Waals surface area contributed by atoms with Crippen LogP contribution in [0.2, 0.25) is 0 Å². The van der Waals surface area contributed by atoms with Crippen molar-refractivity contribution in [1.29, 1.82) is 0 Å². The van der Waals surface area contributed by atoms with Gasteiger partial charge in [0.2, 0.25) is 0 Å². The monoisotopic (exact) mass is 714 g/mol.